The van der Waals surface area contributed by atoms with Gasteiger partial charge in [-0.2, -0.15) is 0 Å². The number of carbonyl (C=O) groups excluding carboxylic acids is 1. The van der Waals surface area contributed by atoms with E-state index in [4.69, 9.17) is 10.5 Å². The van der Waals surface area contributed by atoms with Crippen molar-refractivity contribution in [3.63, 3.8) is 0 Å². The second kappa shape index (κ2) is 5.77. The van der Waals surface area contributed by atoms with Crippen LogP contribution in [0.1, 0.15) is 32.5 Å². The molecule has 6 heteroatoms. The van der Waals surface area contributed by atoms with Gasteiger partial charge >= 0.3 is 6.09 Å². The average Bonchev–Trinajstić information content (AvgIpc) is 2.23. The number of nitrogens with zero attached hydrogens (tertiary/aromatic N) is 1. The molecule has 0 aliphatic heterocycles. The number of alkyl carbamates (subject to hydrolysis) is 1. The van der Waals surface area contributed by atoms with E-state index in [9.17, 15) is 9.18 Å². The first-order chi connectivity index (χ1) is 8.28. The van der Waals surface area contributed by atoms with Crippen LogP contribution in [0.4, 0.5) is 9.18 Å². The summed E-state index contributed by atoms with van der Waals surface area (Å²) in [5.74, 6) is -0.410. The molecule has 0 aromatic carbocycles. The van der Waals surface area contributed by atoms with Gasteiger partial charge in [0.15, 0.2) is 0 Å². The smallest absolute Gasteiger partial charge is 0.407 e. The number of nitrogens with two attached hydrogens (primary N) is 1. The Labute approximate surface area is 106 Å². The van der Waals surface area contributed by atoms with Crippen LogP contribution in [0.25, 0.3) is 0 Å². The molecule has 0 radical (unpaired) electrons. The standard InChI is InChI=1S/C12H18FN3O2/c1-12(2,3)18-11(17)16-7-9(14)10-6-8(13)4-5-15-10/h4-6,9H,7,14H2,1-3H3,(H,16,17). The molecule has 3 N–H and O–H groups in total. The Hall–Kier alpha value is -1.69. The largest absolute Gasteiger partial charge is 0.444 e. The number of rotatable bonds is 3. The normalized spacial score (nSPS) is 12.9. The summed E-state index contributed by atoms with van der Waals surface area (Å²) in [7, 11) is 0. The maximum absolute atomic E-state index is 12.9. The number of aromatic nitrogens is 1. The van der Waals surface area contributed by atoms with Crippen LogP contribution in [0.3, 0.4) is 0 Å². The fourth-order valence-corrected chi connectivity index (χ4v) is 1.24. The number of amides is 1. The molecule has 1 aromatic heterocycles. The SMILES string of the molecule is CC(C)(C)OC(=O)NCC(N)c1cc(F)ccn1. The van der Waals surface area contributed by atoms with E-state index < -0.39 is 23.6 Å². The quantitative estimate of drug-likeness (QED) is 0.862. The fourth-order valence-electron chi connectivity index (χ4n) is 1.24. The molecular formula is C12H18FN3O2. The van der Waals surface area contributed by atoms with Gasteiger partial charge in [-0.15, -0.1) is 0 Å². The van der Waals surface area contributed by atoms with Crippen molar-refractivity contribution >= 4 is 6.09 Å². The molecule has 0 fully saturated rings. The Balaban J connectivity index is 2.46. The first-order valence-electron chi connectivity index (χ1n) is 5.62. The predicted octanol–water partition coefficient (Wildman–Crippen LogP) is 1.75. The number of nitrogens with one attached hydrogen (secondary N) is 1. The molecule has 0 spiro atoms. The zero-order valence-corrected chi connectivity index (χ0v) is 10.7. The van der Waals surface area contributed by atoms with E-state index in [1.165, 1.54) is 18.3 Å². The summed E-state index contributed by atoms with van der Waals surface area (Å²) in [5, 5.41) is 2.51. The number of hydrogen-bond acceptors (Lipinski definition) is 4. The van der Waals surface area contributed by atoms with Gasteiger partial charge in [0.25, 0.3) is 0 Å². The molecule has 0 saturated heterocycles. The minimum atomic E-state index is -0.576. The Kier molecular flexibility index (Phi) is 4.61. The number of pyridine rings is 1. The van der Waals surface area contributed by atoms with Gasteiger partial charge in [-0.1, -0.05) is 0 Å². The van der Waals surface area contributed by atoms with Crippen molar-refractivity contribution in [3.05, 3.63) is 29.8 Å². The molecule has 100 valence electrons. The zero-order valence-electron chi connectivity index (χ0n) is 10.7. The second-order valence-corrected chi connectivity index (χ2v) is 4.89. The third-order valence-corrected chi connectivity index (χ3v) is 1.99. The lowest BCUT2D eigenvalue weighted by Crippen LogP contribution is -2.36. The Morgan fingerprint density at radius 3 is 2.83 bits per heavy atom. The highest BCUT2D eigenvalue weighted by molar-refractivity contribution is 5.67. The number of ether oxygens (including phenoxy) is 1. The number of halogens is 1. The van der Waals surface area contributed by atoms with Gasteiger partial charge in [-0.25, -0.2) is 9.18 Å². The maximum atomic E-state index is 12.9. The Morgan fingerprint density at radius 2 is 2.28 bits per heavy atom. The summed E-state index contributed by atoms with van der Waals surface area (Å²) in [6.07, 6.45) is 0.771. The third kappa shape index (κ3) is 5.09. The van der Waals surface area contributed by atoms with Crippen LogP contribution in [0.2, 0.25) is 0 Å². The summed E-state index contributed by atoms with van der Waals surface area (Å²) in [4.78, 5) is 15.3. The number of carbonyl (C=O) groups is 1. The highest BCUT2D eigenvalue weighted by Gasteiger charge is 2.17. The van der Waals surface area contributed by atoms with Crippen molar-refractivity contribution in [1.29, 1.82) is 0 Å². The molecule has 1 unspecified atom stereocenters. The van der Waals surface area contributed by atoms with Gasteiger partial charge in [-0.05, 0) is 32.9 Å². The monoisotopic (exact) mass is 255 g/mol. The molecule has 1 atom stereocenters. The summed E-state index contributed by atoms with van der Waals surface area (Å²) < 4.78 is 18.0. The topological polar surface area (TPSA) is 77.2 Å². The van der Waals surface area contributed by atoms with E-state index >= 15 is 0 Å². The average molecular weight is 255 g/mol. The van der Waals surface area contributed by atoms with Crippen molar-refractivity contribution in [2.45, 2.75) is 32.4 Å². The molecule has 0 aliphatic rings. The molecule has 0 saturated carbocycles. The van der Waals surface area contributed by atoms with Gasteiger partial charge in [0, 0.05) is 12.7 Å². The van der Waals surface area contributed by atoms with Crippen LogP contribution in [-0.4, -0.2) is 23.2 Å². The van der Waals surface area contributed by atoms with Crippen LogP contribution in [0.5, 0.6) is 0 Å². The van der Waals surface area contributed by atoms with Crippen molar-refractivity contribution < 1.29 is 13.9 Å². The third-order valence-electron chi connectivity index (χ3n) is 1.99. The Morgan fingerprint density at radius 1 is 1.61 bits per heavy atom. The fraction of sp³-hybridized carbons (Fsp3) is 0.500. The Bertz CT molecular complexity index is 418. The van der Waals surface area contributed by atoms with E-state index in [0.29, 0.717) is 5.69 Å². The summed E-state index contributed by atoms with van der Waals surface area (Å²) >= 11 is 0. The number of hydrogen-bond donors (Lipinski definition) is 2. The van der Waals surface area contributed by atoms with E-state index in [0.717, 1.165) is 0 Å². The molecule has 1 heterocycles. The molecular weight excluding hydrogens is 237 g/mol. The summed E-state index contributed by atoms with van der Waals surface area (Å²) in [5.41, 5.74) is 5.59. The second-order valence-electron chi connectivity index (χ2n) is 4.89. The van der Waals surface area contributed by atoms with E-state index in [1.807, 2.05) is 0 Å². The summed E-state index contributed by atoms with van der Waals surface area (Å²) in [6, 6.07) is 1.90. The first kappa shape index (κ1) is 14.4. The van der Waals surface area contributed by atoms with Crippen molar-refractivity contribution in [1.82, 2.24) is 10.3 Å². The van der Waals surface area contributed by atoms with Gasteiger partial charge in [0.1, 0.15) is 11.4 Å². The van der Waals surface area contributed by atoms with Crippen LogP contribution in [0, 0.1) is 5.82 Å². The van der Waals surface area contributed by atoms with Crippen LogP contribution >= 0.6 is 0 Å². The minimum Gasteiger partial charge on any atom is -0.444 e. The van der Waals surface area contributed by atoms with Gasteiger partial charge in [0.05, 0.1) is 11.7 Å². The summed E-state index contributed by atoms with van der Waals surface area (Å²) in [6.45, 7) is 5.42. The molecule has 1 aromatic rings. The highest BCUT2D eigenvalue weighted by Crippen LogP contribution is 2.09. The zero-order chi connectivity index (χ0) is 13.8. The van der Waals surface area contributed by atoms with Crippen molar-refractivity contribution in [2.75, 3.05) is 6.54 Å². The molecule has 0 aliphatic carbocycles. The van der Waals surface area contributed by atoms with E-state index in [2.05, 4.69) is 10.3 Å². The van der Waals surface area contributed by atoms with Crippen LogP contribution < -0.4 is 11.1 Å². The molecule has 0 bridgehead atoms. The van der Waals surface area contributed by atoms with Crippen LogP contribution in [-0.2, 0) is 4.74 Å². The minimum absolute atomic E-state index is 0.130. The molecule has 1 rings (SSSR count). The lowest BCUT2D eigenvalue weighted by Gasteiger charge is -2.20. The molecule has 5 nitrogen and oxygen atoms in total. The van der Waals surface area contributed by atoms with Crippen LogP contribution in [0.15, 0.2) is 18.3 Å². The van der Waals surface area contributed by atoms with E-state index in [1.54, 1.807) is 20.8 Å². The highest BCUT2D eigenvalue weighted by atomic mass is 19.1. The van der Waals surface area contributed by atoms with Crippen molar-refractivity contribution in [2.24, 2.45) is 5.73 Å². The lowest BCUT2D eigenvalue weighted by atomic mass is 10.2. The van der Waals surface area contributed by atoms with Gasteiger partial charge in [0.2, 0.25) is 0 Å². The van der Waals surface area contributed by atoms with Gasteiger partial charge < -0.3 is 15.8 Å². The lowest BCUT2D eigenvalue weighted by molar-refractivity contribution is 0.0524. The first-order valence-corrected chi connectivity index (χ1v) is 5.62. The molecule has 18 heavy (non-hydrogen) atoms. The van der Waals surface area contributed by atoms with E-state index in [-0.39, 0.29) is 6.54 Å². The predicted molar refractivity (Wildman–Crippen MR) is 65.4 cm³/mol. The maximum Gasteiger partial charge on any atom is 0.407 e. The van der Waals surface area contributed by atoms with Gasteiger partial charge in [-0.3, -0.25) is 4.98 Å². The van der Waals surface area contributed by atoms with Crippen molar-refractivity contribution in [3.8, 4) is 0 Å². The molecule has 1 amide bonds.